The van der Waals surface area contributed by atoms with Crippen molar-refractivity contribution < 1.29 is 14.3 Å². The molecule has 0 saturated heterocycles. The molecule has 1 heterocycles. The van der Waals surface area contributed by atoms with Crippen LogP contribution in [0.5, 0.6) is 0 Å². The van der Waals surface area contributed by atoms with Gasteiger partial charge in [-0.25, -0.2) is 9.78 Å². The Kier molecular flexibility index (Phi) is 7.40. The van der Waals surface area contributed by atoms with E-state index in [0.29, 0.717) is 19.4 Å². The Labute approximate surface area is 169 Å². The van der Waals surface area contributed by atoms with Crippen molar-refractivity contribution in [2.24, 2.45) is 0 Å². The number of aromatic amines is 1. The van der Waals surface area contributed by atoms with Crippen molar-refractivity contribution in [2.45, 2.75) is 32.0 Å². The Bertz CT molecular complexity index is 883. The van der Waals surface area contributed by atoms with E-state index in [1.165, 1.54) is 0 Å². The van der Waals surface area contributed by atoms with Gasteiger partial charge in [0.25, 0.3) is 0 Å². The molecule has 0 saturated carbocycles. The summed E-state index contributed by atoms with van der Waals surface area (Å²) in [5.74, 6) is -0.259. The predicted molar refractivity (Wildman–Crippen MR) is 109 cm³/mol. The van der Waals surface area contributed by atoms with Crippen molar-refractivity contribution in [3.05, 3.63) is 90.0 Å². The van der Waals surface area contributed by atoms with Crippen LogP contribution in [0, 0.1) is 0 Å². The van der Waals surface area contributed by atoms with Crippen LogP contribution in [-0.4, -0.2) is 28.0 Å². The molecule has 29 heavy (non-hydrogen) atoms. The second-order valence-electron chi connectivity index (χ2n) is 6.58. The van der Waals surface area contributed by atoms with Gasteiger partial charge in [-0.15, -0.1) is 0 Å². The minimum absolute atomic E-state index is 0.144. The summed E-state index contributed by atoms with van der Waals surface area (Å²) in [5.41, 5.74) is 2.76. The van der Waals surface area contributed by atoms with Gasteiger partial charge >= 0.3 is 6.09 Å². The maximum atomic E-state index is 12.7. The molecule has 0 bridgehead atoms. The first-order valence-electron chi connectivity index (χ1n) is 9.47. The van der Waals surface area contributed by atoms with Crippen LogP contribution in [0.25, 0.3) is 0 Å². The Balaban J connectivity index is 1.55. The van der Waals surface area contributed by atoms with E-state index < -0.39 is 12.1 Å². The number of carbonyl (C=O) groups is 2. The average molecular weight is 392 g/mol. The quantitative estimate of drug-likeness (QED) is 0.522. The van der Waals surface area contributed by atoms with Crippen LogP contribution in [0.3, 0.4) is 0 Å². The lowest BCUT2D eigenvalue weighted by Gasteiger charge is -2.18. The highest BCUT2D eigenvalue weighted by Gasteiger charge is 2.21. The lowest BCUT2D eigenvalue weighted by Crippen LogP contribution is -2.47. The normalized spacial score (nSPS) is 11.4. The van der Waals surface area contributed by atoms with Crippen molar-refractivity contribution >= 4 is 12.0 Å². The fourth-order valence-electron chi connectivity index (χ4n) is 2.81. The zero-order valence-electron chi connectivity index (χ0n) is 16.0. The van der Waals surface area contributed by atoms with E-state index in [0.717, 1.165) is 16.8 Å². The first-order valence-corrected chi connectivity index (χ1v) is 9.47. The molecule has 0 aliphatic rings. The van der Waals surface area contributed by atoms with Gasteiger partial charge in [-0.3, -0.25) is 4.79 Å². The topological polar surface area (TPSA) is 96.1 Å². The van der Waals surface area contributed by atoms with Crippen molar-refractivity contribution in [3.8, 4) is 0 Å². The van der Waals surface area contributed by atoms with E-state index in [4.69, 9.17) is 4.74 Å². The van der Waals surface area contributed by atoms with E-state index in [-0.39, 0.29) is 12.5 Å². The van der Waals surface area contributed by atoms with Crippen LogP contribution >= 0.6 is 0 Å². The Morgan fingerprint density at radius 1 is 1.00 bits per heavy atom. The number of hydrogen-bond donors (Lipinski definition) is 3. The zero-order chi connectivity index (χ0) is 20.3. The Morgan fingerprint density at radius 2 is 1.69 bits per heavy atom. The molecule has 0 aliphatic heterocycles. The number of H-pyrrole nitrogens is 1. The number of carbonyl (C=O) groups excluding carboxylic acids is 2. The molecule has 150 valence electrons. The average Bonchev–Trinajstić information content (AvgIpc) is 3.28. The highest BCUT2D eigenvalue weighted by atomic mass is 16.5. The number of imidazole rings is 1. The number of nitrogens with zero attached hydrogens (tertiary/aromatic N) is 1. The van der Waals surface area contributed by atoms with Crippen LogP contribution in [0.2, 0.25) is 0 Å². The number of alkyl carbamates (subject to hydrolysis) is 1. The second-order valence-corrected chi connectivity index (χ2v) is 6.58. The summed E-state index contributed by atoms with van der Waals surface area (Å²) in [6.45, 7) is 0.534. The molecule has 2 aromatic carbocycles. The molecular formula is C22H24N4O3. The van der Waals surface area contributed by atoms with Crippen LogP contribution < -0.4 is 10.6 Å². The van der Waals surface area contributed by atoms with E-state index in [9.17, 15) is 9.59 Å². The summed E-state index contributed by atoms with van der Waals surface area (Å²) < 4.78 is 5.26. The molecule has 0 unspecified atom stereocenters. The molecule has 3 N–H and O–H groups in total. The number of aromatic nitrogens is 2. The van der Waals surface area contributed by atoms with E-state index in [1.807, 2.05) is 60.7 Å². The third-order valence-electron chi connectivity index (χ3n) is 4.39. The van der Waals surface area contributed by atoms with Crippen molar-refractivity contribution in [2.75, 3.05) is 0 Å². The van der Waals surface area contributed by atoms with Crippen LogP contribution in [0.1, 0.15) is 23.2 Å². The number of ether oxygens (including phenoxy) is 1. The number of aryl methyl sites for hydroxylation is 1. The van der Waals surface area contributed by atoms with Crippen molar-refractivity contribution in [3.63, 3.8) is 0 Å². The molecule has 1 aromatic heterocycles. The maximum absolute atomic E-state index is 12.7. The smallest absolute Gasteiger partial charge is 0.408 e. The monoisotopic (exact) mass is 392 g/mol. The molecule has 3 rings (SSSR count). The fraction of sp³-hybridized carbons (Fsp3) is 0.227. The van der Waals surface area contributed by atoms with Crippen LogP contribution in [0.4, 0.5) is 4.79 Å². The van der Waals surface area contributed by atoms with E-state index in [2.05, 4.69) is 20.6 Å². The molecule has 2 amide bonds. The van der Waals surface area contributed by atoms with Gasteiger partial charge in [0.2, 0.25) is 5.91 Å². The minimum Gasteiger partial charge on any atom is -0.445 e. The van der Waals surface area contributed by atoms with E-state index in [1.54, 1.807) is 12.5 Å². The maximum Gasteiger partial charge on any atom is 0.408 e. The summed E-state index contributed by atoms with van der Waals surface area (Å²) in [4.78, 5) is 31.9. The van der Waals surface area contributed by atoms with Gasteiger partial charge in [-0.2, -0.15) is 0 Å². The van der Waals surface area contributed by atoms with E-state index >= 15 is 0 Å². The zero-order valence-corrected chi connectivity index (χ0v) is 16.0. The Hall–Kier alpha value is -3.61. The Morgan fingerprint density at radius 3 is 2.34 bits per heavy atom. The largest absolute Gasteiger partial charge is 0.445 e. The summed E-state index contributed by atoms with van der Waals surface area (Å²) in [7, 11) is 0. The molecule has 7 heteroatoms. The fourth-order valence-corrected chi connectivity index (χ4v) is 2.81. The van der Waals surface area contributed by atoms with Gasteiger partial charge in [0.15, 0.2) is 0 Å². The SMILES string of the molecule is O=C(N[C@@H](CCc1cnc[nH]1)C(=O)NCc1ccccc1)OCc1ccccc1. The summed E-state index contributed by atoms with van der Waals surface area (Å²) in [6, 6.07) is 18.3. The lowest BCUT2D eigenvalue weighted by molar-refractivity contribution is -0.123. The minimum atomic E-state index is -0.717. The summed E-state index contributed by atoms with van der Waals surface area (Å²) >= 11 is 0. The van der Waals surface area contributed by atoms with Crippen LogP contribution in [0.15, 0.2) is 73.2 Å². The third kappa shape index (κ3) is 6.80. The summed E-state index contributed by atoms with van der Waals surface area (Å²) in [5, 5.41) is 5.55. The standard InChI is InChI=1S/C22H24N4O3/c27-21(24-13-17-7-3-1-4-8-17)20(12-11-19-14-23-16-25-19)26-22(28)29-15-18-9-5-2-6-10-18/h1-10,14,16,20H,11-13,15H2,(H,23,25)(H,24,27)(H,26,28)/t20-/m0/s1. The number of hydrogen-bond acceptors (Lipinski definition) is 4. The van der Waals surface area contributed by atoms with Gasteiger partial charge < -0.3 is 20.4 Å². The molecule has 7 nitrogen and oxygen atoms in total. The van der Waals surface area contributed by atoms with Gasteiger partial charge in [-0.1, -0.05) is 60.7 Å². The van der Waals surface area contributed by atoms with Crippen LogP contribution in [-0.2, 0) is 29.1 Å². The van der Waals surface area contributed by atoms with Gasteiger partial charge in [0, 0.05) is 18.4 Å². The second kappa shape index (κ2) is 10.7. The van der Waals surface area contributed by atoms with Gasteiger partial charge in [-0.05, 0) is 24.0 Å². The number of rotatable bonds is 9. The summed E-state index contributed by atoms with van der Waals surface area (Å²) in [6.07, 6.45) is 3.65. The van der Waals surface area contributed by atoms with Gasteiger partial charge in [0.1, 0.15) is 12.6 Å². The highest BCUT2D eigenvalue weighted by Crippen LogP contribution is 2.05. The number of nitrogens with one attached hydrogen (secondary N) is 3. The highest BCUT2D eigenvalue weighted by molar-refractivity contribution is 5.85. The molecule has 0 fully saturated rings. The molecule has 1 atom stereocenters. The third-order valence-corrected chi connectivity index (χ3v) is 4.39. The van der Waals surface area contributed by atoms with Gasteiger partial charge in [0.05, 0.1) is 6.33 Å². The van der Waals surface area contributed by atoms with Crippen molar-refractivity contribution in [1.82, 2.24) is 20.6 Å². The molecular weight excluding hydrogens is 368 g/mol. The van der Waals surface area contributed by atoms with Crippen molar-refractivity contribution in [1.29, 1.82) is 0 Å². The molecule has 3 aromatic rings. The number of benzene rings is 2. The first kappa shape index (κ1) is 20.1. The molecule has 0 aliphatic carbocycles. The lowest BCUT2D eigenvalue weighted by atomic mass is 10.1. The first-order chi connectivity index (χ1) is 14.2. The number of amides is 2. The molecule has 0 spiro atoms. The predicted octanol–water partition coefficient (Wildman–Crippen LogP) is 2.95. The molecule has 0 radical (unpaired) electrons.